The fourth-order valence-corrected chi connectivity index (χ4v) is 4.83. The monoisotopic (exact) mass is 478 g/mol. The Kier molecular flexibility index (Phi) is 5.18. The molecule has 2 aliphatic heterocycles. The third-order valence-corrected chi connectivity index (χ3v) is 6.31. The Morgan fingerprint density at radius 2 is 2.21 bits per heavy atom. The molecule has 0 amide bonds. The van der Waals surface area contributed by atoms with Gasteiger partial charge in [0.05, 0.1) is 18.5 Å². The molecule has 0 spiro atoms. The van der Waals surface area contributed by atoms with Crippen LogP contribution in [0.3, 0.4) is 0 Å². The van der Waals surface area contributed by atoms with E-state index in [9.17, 15) is 19.0 Å². The first-order valence-electron chi connectivity index (χ1n) is 9.78. The maximum absolute atomic E-state index is 13.1. The first kappa shape index (κ1) is 21.6. The quantitative estimate of drug-likeness (QED) is 0.298. The fraction of sp³-hybridized carbons (Fsp3) is 0.333. The molecular weight excluding hydrogens is 459 g/mol. The molecule has 5 N–H and O–H groups in total. The molecular formula is C18H19N6O8P. The van der Waals surface area contributed by atoms with Crippen molar-refractivity contribution in [3.8, 4) is 0 Å². The zero-order valence-electron chi connectivity index (χ0n) is 17.1. The summed E-state index contributed by atoms with van der Waals surface area (Å²) in [5.74, 6) is -0.877. The molecule has 174 valence electrons. The lowest BCUT2D eigenvalue weighted by Gasteiger charge is -2.29. The van der Waals surface area contributed by atoms with Crippen LogP contribution in [-0.4, -0.2) is 62.3 Å². The third-order valence-electron chi connectivity index (χ3n) is 5.33. The van der Waals surface area contributed by atoms with Gasteiger partial charge in [-0.3, -0.25) is 23.4 Å². The number of esters is 1. The first-order chi connectivity index (χ1) is 15.8. The van der Waals surface area contributed by atoms with Crippen molar-refractivity contribution in [1.82, 2.24) is 19.5 Å². The molecule has 2 saturated heterocycles. The maximum atomic E-state index is 13.1. The summed E-state index contributed by atoms with van der Waals surface area (Å²) in [7, 11) is -2.74. The normalized spacial score (nSPS) is 29.0. The number of hydrogen-bond donors (Lipinski definition) is 4. The van der Waals surface area contributed by atoms with Crippen LogP contribution >= 0.6 is 7.82 Å². The van der Waals surface area contributed by atoms with Crippen LogP contribution in [0.1, 0.15) is 16.6 Å². The van der Waals surface area contributed by atoms with Crippen molar-refractivity contribution >= 4 is 36.6 Å². The van der Waals surface area contributed by atoms with Gasteiger partial charge in [0.15, 0.2) is 23.5 Å². The van der Waals surface area contributed by atoms with E-state index in [2.05, 4.69) is 20.3 Å². The number of phosphoric acid groups is 1. The number of anilines is 2. The summed E-state index contributed by atoms with van der Waals surface area (Å²) >= 11 is 0. The van der Waals surface area contributed by atoms with Crippen molar-refractivity contribution in [3.63, 3.8) is 0 Å². The van der Waals surface area contributed by atoms with Gasteiger partial charge in [0, 0.05) is 12.7 Å². The molecule has 2 fully saturated rings. The van der Waals surface area contributed by atoms with Gasteiger partial charge in [-0.05, 0) is 12.1 Å². The molecule has 0 aliphatic carbocycles. The van der Waals surface area contributed by atoms with Crippen molar-refractivity contribution in [2.24, 2.45) is 0 Å². The van der Waals surface area contributed by atoms with E-state index in [0.29, 0.717) is 5.69 Å². The standard InChI is InChI=1S/C18H19N6O8P/c1-20-9-5-3-2-4-8(9)17(26)31-13-12-10(6-29-33(27,28)32-12)30-16(13)24-7-21-11-14(24)22-18(19)23-15(11)25/h2-5,7,10,12-13,16,20H,6H2,1H3,(H,27,28)(H3,19,22,23,25)/t10-,12+,13+,16?/m1/s1. The van der Waals surface area contributed by atoms with Gasteiger partial charge in [-0.15, -0.1) is 0 Å². The van der Waals surface area contributed by atoms with Gasteiger partial charge in [-0.1, -0.05) is 12.1 Å². The molecule has 2 aromatic heterocycles. The molecule has 15 heteroatoms. The van der Waals surface area contributed by atoms with E-state index in [-0.39, 0.29) is 29.3 Å². The minimum Gasteiger partial charge on any atom is -0.451 e. The number of para-hydroxylation sites is 1. The predicted molar refractivity (Wildman–Crippen MR) is 112 cm³/mol. The van der Waals surface area contributed by atoms with E-state index >= 15 is 0 Å². The molecule has 2 unspecified atom stereocenters. The third kappa shape index (κ3) is 3.77. The van der Waals surface area contributed by atoms with Crippen LogP contribution in [0.4, 0.5) is 11.6 Å². The summed E-state index contributed by atoms with van der Waals surface area (Å²) in [6.07, 6.45) is -3.03. The molecule has 0 saturated carbocycles. The number of rotatable bonds is 4. The Bertz CT molecular complexity index is 1340. The van der Waals surface area contributed by atoms with E-state index in [1.165, 1.54) is 10.9 Å². The van der Waals surface area contributed by atoms with Gasteiger partial charge in [0.1, 0.15) is 12.2 Å². The number of carbonyl (C=O) groups excluding carboxylic acids is 1. The number of nitrogens with zero attached hydrogens (tertiary/aromatic N) is 3. The van der Waals surface area contributed by atoms with Gasteiger partial charge in [-0.25, -0.2) is 14.3 Å². The van der Waals surface area contributed by atoms with Gasteiger partial charge >= 0.3 is 13.8 Å². The molecule has 5 rings (SSSR count). The van der Waals surface area contributed by atoms with Crippen LogP contribution in [-0.2, 0) is 23.1 Å². The number of aromatic nitrogens is 4. The number of carbonyl (C=O) groups is 1. The van der Waals surface area contributed by atoms with E-state index in [4.69, 9.17) is 24.3 Å². The summed E-state index contributed by atoms with van der Waals surface area (Å²) < 4.78 is 35.2. The number of fused-ring (bicyclic) bond motifs is 2. The number of nitrogen functional groups attached to an aromatic ring is 1. The summed E-state index contributed by atoms with van der Waals surface area (Å²) in [5, 5.41) is 2.90. The number of H-pyrrole nitrogens is 1. The zero-order chi connectivity index (χ0) is 23.3. The molecule has 5 atom stereocenters. The second-order valence-electron chi connectivity index (χ2n) is 7.34. The second-order valence-corrected chi connectivity index (χ2v) is 8.75. The Morgan fingerprint density at radius 1 is 1.42 bits per heavy atom. The van der Waals surface area contributed by atoms with Crippen LogP contribution in [0.15, 0.2) is 35.4 Å². The summed E-state index contributed by atoms with van der Waals surface area (Å²) in [6, 6.07) is 6.66. The van der Waals surface area contributed by atoms with Gasteiger partial charge in [0.2, 0.25) is 5.95 Å². The summed E-state index contributed by atoms with van der Waals surface area (Å²) in [5.41, 5.74) is 5.91. The number of imidazole rings is 1. The summed E-state index contributed by atoms with van der Waals surface area (Å²) in [4.78, 5) is 45.6. The smallest absolute Gasteiger partial charge is 0.451 e. The topological polar surface area (TPSA) is 193 Å². The molecule has 2 aliphatic rings. The van der Waals surface area contributed by atoms with Crippen molar-refractivity contribution in [2.75, 3.05) is 24.7 Å². The largest absolute Gasteiger partial charge is 0.472 e. The highest BCUT2D eigenvalue weighted by Gasteiger charge is 2.55. The lowest BCUT2D eigenvalue weighted by Crippen LogP contribution is -2.41. The maximum Gasteiger partial charge on any atom is 0.472 e. The predicted octanol–water partition coefficient (Wildman–Crippen LogP) is 0.382. The highest BCUT2D eigenvalue weighted by Crippen LogP contribution is 2.53. The second kappa shape index (κ2) is 7.93. The van der Waals surface area contributed by atoms with Crippen LogP contribution in [0.5, 0.6) is 0 Å². The van der Waals surface area contributed by atoms with E-state index in [1.54, 1.807) is 31.3 Å². The van der Waals surface area contributed by atoms with Crippen molar-refractivity contribution in [1.29, 1.82) is 0 Å². The Hall–Kier alpha value is -3.29. The van der Waals surface area contributed by atoms with Crippen molar-refractivity contribution in [2.45, 2.75) is 24.5 Å². The van der Waals surface area contributed by atoms with Crippen molar-refractivity contribution < 1.29 is 32.8 Å². The molecule has 0 bridgehead atoms. The minimum atomic E-state index is -4.39. The Labute approximate surface area is 185 Å². The van der Waals surface area contributed by atoms with Crippen LogP contribution in [0.2, 0.25) is 0 Å². The highest BCUT2D eigenvalue weighted by molar-refractivity contribution is 7.47. The average Bonchev–Trinajstić information content (AvgIpc) is 3.34. The minimum absolute atomic E-state index is 0.0155. The van der Waals surface area contributed by atoms with Gasteiger partial charge < -0.3 is 25.4 Å². The highest BCUT2D eigenvalue weighted by atomic mass is 31.2. The lowest BCUT2D eigenvalue weighted by molar-refractivity contribution is -0.0666. The van der Waals surface area contributed by atoms with Gasteiger partial charge in [0.25, 0.3) is 5.56 Å². The molecule has 1 aromatic carbocycles. The molecule has 0 radical (unpaired) electrons. The van der Waals surface area contributed by atoms with E-state index < -0.39 is 43.9 Å². The molecule has 3 aromatic rings. The average molecular weight is 478 g/mol. The molecule has 33 heavy (non-hydrogen) atoms. The Balaban J connectivity index is 1.56. The number of nitrogens with two attached hydrogens (primary N) is 1. The number of ether oxygens (including phenoxy) is 2. The summed E-state index contributed by atoms with van der Waals surface area (Å²) in [6.45, 7) is -0.279. The zero-order valence-corrected chi connectivity index (χ0v) is 18.0. The lowest BCUT2D eigenvalue weighted by atomic mass is 10.1. The SMILES string of the molecule is CNc1ccccc1C(=O)O[C@@H]1C(n2cnc3c(=O)[nH]c(N)nc32)O[C@@H]2COP(=O)(O)O[C@H]12. The van der Waals surface area contributed by atoms with Crippen LogP contribution < -0.4 is 16.6 Å². The van der Waals surface area contributed by atoms with Crippen LogP contribution in [0, 0.1) is 0 Å². The first-order valence-corrected chi connectivity index (χ1v) is 11.3. The number of phosphoric ester groups is 1. The van der Waals surface area contributed by atoms with Crippen molar-refractivity contribution in [3.05, 3.63) is 46.5 Å². The van der Waals surface area contributed by atoms with Crippen LogP contribution in [0.25, 0.3) is 11.2 Å². The Morgan fingerprint density at radius 3 is 3.00 bits per heavy atom. The molecule has 14 nitrogen and oxygen atoms in total. The fourth-order valence-electron chi connectivity index (χ4n) is 3.87. The number of nitrogens with one attached hydrogen (secondary N) is 2. The number of benzene rings is 1. The van der Waals surface area contributed by atoms with E-state index in [1.807, 2.05) is 0 Å². The van der Waals surface area contributed by atoms with E-state index in [0.717, 1.165) is 0 Å². The van der Waals surface area contributed by atoms with Gasteiger partial charge in [-0.2, -0.15) is 4.98 Å². The number of hydrogen-bond acceptors (Lipinski definition) is 11. The molecule has 4 heterocycles. The number of aromatic amines is 1.